The highest BCUT2D eigenvalue weighted by molar-refractivity contribution is 5.95. The van der Waals surface area contributed by atoms with Gasteiger partial charge in [-0.15, -0.1) is 0 Å². The van der Waals surface area contributed by atoms with Gasteiger partial charge in [0.2, 0.25) is 5.91 Å². The smallest absolute Gasteiger partial charge is 0.323 e. The lowest BCUT2D eigenvalue weighted by Gasteiger charge is -2.17. The van der Waals surface area contributed by atoms with Gasteiger partial charge in [0.15, 0.2) is 0 Å². The lowest BCUT2D eigenvalue weighted by molar-refractivity contribution is -0.147. The predicted octanol–water partition coefficient (Wildman–Crippen LogP) is -0.440. The Balaban J connectivity index is 4.54. The molecule has 6 nitrogen and oxygen atoms in total. The van der Waals surface area contributed by atoms with Gasteiger partial charge in [0, 0.05) is 5.57 Å². The van der Waals surface area contributed by atoms with Gasteiger partial charge in [-0.05, 0) is 6.92 Å². The quantitative estimate of drug-likeness (QED) is 0.588. The molecule has 1 amide bonds. The first-order valence-electron chi connectivity index (χ1n) is 3.73. The van der Waals surface area contributed by atoms with Crippen molar-refractivity contribution in [2.75, 3.05) is 13.1 Å². The second-order valence-electron chi connectivity index (χ2n) is 2.73. The number of hydrogen-bond acceptors (Lipinski definition) is 3. The number of hydrogen-bond donors (Lipinski definition) is 2. The Morgan fingerprint density at radius 2 is 1.50 bits per heavy atom. The molecule has 0 atom stereocenters. The molecule has 6 heteroatoms. The van der Waals surface area contributed by atoms with E-state index in [0.29, 0.717) is 4.90 Å². The van der Waals surface area contributed by atoms with E-state index in [1.165, 1.54) is 6.92 Å². The fourth-order valence-electron chi connectivity index (χ4n) is 0.796. The second kappa shape index (κ2) is 5.00. The first-order valence-corrected chi connectivity index (χ1v) is 3.73. The molecule has 0 radical (unpaired) electrons. The number of carbonyl (C=O) groups excluding carboxylic acids is 1. The minimum absolute atomic E-state index is 0.104. The van der Waals surface area contributed by atoms with Gasteiger partial charge >= 0.3 is 11.9 Å². The molecular weight excluding hydrogens is 190 g/mol. The van der Waals surface area contributed by atoms with Crippen molar-refractivity contribution in [2.45, 2.75) is 6.92 Å². The predicted molar refractivity (Wildman–Crippen MR) is 46.7 cm³/mol. The van der Waals surface area contributed by atoms with E-state index in [4.69, 9.17) is 10.2 Å². The van der Waals surface area contributed by atoms with Gasteiger partial charge < -0.3 is 15.1 Å². The average molecular weight is 201 g/mol. The largest absolute Gasteiger partial charge is 0.480 e. The number of rotatable bonds is 5. The van der Waals surface area contributed by atoms with Crippen molar-refractivity contribution in [1.29, 1.82) is 0 Å². The summed E-state index contributed by atoms with van der Waals surface area (Å²) >= 11 is 0. The van der Waals surface area contributed by atoms with Crippen LogP contribution in [-0.4, -0.2) is 46.0 Å². The maximum atomic E-state index is 11.2. The van der Waals surface area contributed by atoms with Crippen LogP contribution >= 0.6 is 0 Å². The molecule has 0 unspecified atom stereocenters. The van der Waals surface area contributed by atoms with E-state index in [0.717, 1.165) is 0 Å². The third-order valence-corrected chi connectivity index (χ3v) is 1.30. The molecule has 0 aromatic heterocycles. The molecule has 0 aromatic rings. The van der Waals surface area contributed by atoms with Crippen molar-refractivity contribution in [3.05, 3.63) is 12.2 Å². The van der Waals surface area contributed by atoms with Gasteiger partial charge in [0.25, 0.3) is 0 Å². The molecule has 2 N–H and O–H groups in total. The number of aliphatic carboxylic acids is 2. The number of carboxylic acid groups (broad SMARTS) is 2. The Kier molecular flexibility index (Phi) is 4.34. The molecule has 0 bridgehead atoms. The topological polar surface area (TPSA) is 94.9 Å². The van der Waals surface area contributed by atoms with Crippen LogP contribution in [0.15, 0.2) is 12.2 Å². The van der Waals surface area contributed by atoms with E-state index in [-0.39, 0.29) is 5.57 Å². The van der Waals surface area contributed by atoms with Crippen LogP contribution in [0.2, 0.25) is 0 Å². The molecule has 0 aliphatic heterocycles. The summed E-state index contributed by atoms with van der Waals surface area (Å²) in [6.45, 7) is 3.42. The third-order valence-electron chi connectivity index (χ3n) is 1.30. The summed E-state index contributed by atoms with van der Waals surface area (Å²) in [6, 6.07) is 0. The maximum Gasteiger partial charge on any atom is 0.323 e. The molecule has 0 heterocycles. The van der Waals surface area contributed by atoms with Crippen molar-refractivity contribution >= 4 is 17.8 Å². The second-order valence-corrected chi connectivity index (χ2v) is 2.73. The van der Waals surface area contributed by atoms with E-state index in [1.807, 2.05) is 0 Å². The highest BCUT2D eigenvalue weighted by Crippen LogP contribution is 1.98. The van der Waals surface area contributed by atoms with E-state index >= 15 is 0 Å². The average Bonchev–Trinajstić information content (AvgIpc) is 1.99. The monoisotopic (exact) mass is 201 g/mol. The van der Waals surface area contributed by atoms with Crippen LogP contribution in [-0.2, 0) is 14.4 Å². The molecule has 0 aliphatic carbocycles. The van der Waals surface area contributed by atoms with Crippen molar-refractivity contribution in [1.82, 2.24) is 4.90 Å². The fraction of sp³-hybridized carbons (Fsp3) is 0.375. The number of amides is 1. The third kappa shape index (κ3) is 4.24. The minimum atomic E-state index is -1.26. The molecule has 0 aliphatic rings. The Morgan fingerprint density at radius 1 is 1.14 bits per heavy atom. The number of carboxylic acids is 2. The van der Waals surface area contributed by atoms with Crippen LogP contribution in [0, 0.1) is 0 Å². The molecule has 0 saturated carbocycles. The standard InChI is InChI=1S/C8H11NO5/c1-5(2)8(14)9(3-6(10)11)4-7(12)13/h1,3-4H2,2H3,(H,10,11)(H,12,13). The summed E-state index contributed by atoms with van der Waals surface area (Å²) in [7, 11) is 0. The Hall–Kier alpha value is -1.85. The van der Waals surface area contributed by atoms with E-state index in [1.54, 1.807) is 0 Å². The summed E-state index contributed by atoms with van der Waals surface area (Å²) in [5.74, 6) is -3.20. The van der Waals surface area contributed by atoms with Crippen LogP contribution in [0.4, 0.5) is 0 Å². The van der Waals surface area contributed by atoms with Crippen LogP contribution in [0.5, 0.6) is 0 Å². The van der Waals surface area contributed by atoms with Gasteiger partial charge in [0.05, 0.1) is 0 Å². The van der Waals surface area contributed by atoms with Crippen LogP contribution in [0.1, 0.15) is 6.92 Å². The van der Waals surface area contributed by atoms with Crippen molar-refractivity contribution in [3.8, 4) is 0 Å². The van der Waals surface area contributed by atoms with E-state index < -0.39 is 30.9 Å². The van der Waals surface area contributed by atoms with Crippen LogP contribution in [0.3, 0.4) is 0 Å². The zero-order valence-corrected chi connectivity index (χ0v) is 7.69. The number of nitrogens with zero attached hydrogens (tertiary/aromatic N) is 1. The summed E-state index contributed by atoms with van der Waals surface area (Å²) in [5.41, 5.74) is 0.104. The maximum absolute atomic E-state index is 11.2. The summed E-state index contributed by atoms with van der Waals surface area (Å²) < 4.78 is 0. The van der Waals surface area contributed by atoms with Crippen molar-refractivity contribution in [3.63, 3.8) is 0 Å². The van der Waals surface area contributed by atoms with Crippen molar-refractivity contribution in [2.24, 2.45) is 0 Å². The van der Waals surface area contributed by atoms with Gasteiger partial charge in [-0.1, -0.05) is 6.58 Å². The lowest BCUT2D eigenvalue weighted by atomic mass is 10.3. The zero-order valence-electron chi connectivity index (χ0n) is 7.69. The van der Waals surface area contributed by atoms with Gasteiger partial charge in [-0.3, -0.25) is 14.4 Å². The van der Waals surface area contributed by atoms with Gasteiger partial charge in [-0.25, -0.2) is 0 Å². The lowest BCUT2D eigenvalue weighted by Crippen LogP contribution is -2.39. The highest BCUT2D eigenvalue weighted by Gasteiger charge is 2.19. The SMILES string of the molecule is C=C(C)C(=O)N(CC(=O)O)CC(=O)O. The zero-order chi connectivity index (χ0) is 11.3. The van der Waals surface area contributed by atoms with Crippen molar-refractivity contribution < 1.29 is 24.6 Å². The molecule has 0 spiro atoms. The van der Waals surface area contributed by atoms with Crippen LogP contribution < -0.4 is 0 Å². The van der Waals surface area contributed by atoms with Crippen LogP contribution in [0.25, 0.3) is 0 Å². The Labute approximate surface area is 80.4 Å². The van der Waals surface area contributed by atoms with E-state index in [2.05, 4.69) is 6.58 Å². The minimum Gasteiger partial charge on any atom is -0.480 e. The molecule has 78 valence electrons. The first-order chi connectivity index (χ1) is 6.34. The molecule has 0 rings (SSSR count). The summed E-state index contributed by atoms with van der Waals surface area (Å²) in [4.78, 5) is 32.5. The molecule has 14 heavy (non-hydrogen) atoms. The molecular formula is C8H11NO5. The van der Waals surface area contributed by atoms with E-state index in [9.17, 15) is 14.4 Å². The van der Waals surface area contributed by atoms with Gasteiger partial charge in [0.1, 0.15) is 13.1 Å². The number of carbonyl (C=O) groups is 3. The fourth-order valence-corrected chi connectivity index (χ4v) is 0.796. The highest BCUT2D eigenvalue weighted by atomic mass is 16.4. The molecule has 0 fully saturated rings. The molecule has 0 aromatic carbocycles. The normalized spacial score (nSPS) is 9.21. The molecule has 0 saturated heterocycles. The summed E-state index contributed by atoms with van der Waals surface area (Å²) in [6.07, 6.45) is 0. The summed E-state index contributed by atoms with van der Waals surface area (Å²) in [5, 5.41) is 16.8. The Morgan fingerprint density at radius 3 is 1.71 bits per heavy atom. The first kappa shape index (κ1) is 12.2. The Bertz CT molecular complexity index is 267. The van der Waals surface area contributed by atoms with Gasteiger partial charge in [-0.2, -0.15) is 0 Å².